The molecule has 1 aromatic heterocycles. The minimum atomic E-state index is -0.646. The highest BCUT2D eigenvalue weighted by Gasteiger charge is 2.52. The van der Waals surface area contributed by atoms with Gasteiger partial charge in [-0.05, 0) is 119 Å². The van der Waals surface area contributed by atoms with E-state index in [2.05, 4.69) is 280 Å². The maximum atomic E-state index is 7.36. The second-order valence-electron chi connectivity index (χ2n) is 22.2. The van der Waals surface area contributed by atoms with Gasteiger partial charge in [0.25, 0.3) is 0 Å². The molecule has 2 heterocycles. The number of para-hydroxylation sites is 1. The SMILES string of the molecule is CC1(C)c2ccccc2-c2cc(C3(c4ccccc4)c4ccccc4-c4ccccc43)cc(N(c3ccc4c(c3)Oc3ccccc3C43c4ccccc4-c4ccccc43)c3cccc4c3sc3c5ccccc5ccc43)c21. The molecule has 0 fully saturated rings. The Balaban J connectivity index is 1.01. The molecule has 13 aromatic rings. The lowest BCUT2D eigenvalue weighted by Gasteiger charge is -2.40. The van der Waals surface area contributed by atoms with E-state index < -0.39 is 10.8 Å². The Kier molecular flexibility index (Phi) is 8.95. The molecule has 17 rings (SSSR count). The highest BCUT2D eigenvalue weighted by Crippen LogP contribution is 2.65. The first-order valence-corrected chi connectivity index (χ1v) is 28.1. The van der Waals surface area contributed by atoms with Crippen LogP contribution in [0, 0.1) is 0 Å². The van der Waals surface area contributed by atoms with Crippen molar-refractivity contribution in [1.82, 2.24) is 0 Å². The van der Waals surface area contributed by atoms with Gasteiger partial charge in [-0.15, -0.1) is 11.3 Å². The van der Waals surface area contributed by atoms with Gasteiger partial charge in [-0.25, -0.2) is 0 Å². The monoisotopic (exact) mass is 1010 g/mol. The molecule has 0 N–H and O–H groups in total. The lowest BCUT2D eigenvalue weighted by molar-refractivity contribution is 0.436. The van der Waals surface area contributed by atoms with Crippen molar-refractivity contribution in [1.29, 1.82) is 0 Å². The zero-order valence-electron chi connectivity index (χ0n) is 43.1. The molecule has 0 atom stereocenters. The molecule has 0 bridgehead atoms. The Morgan fingerprint density at radius 3 is 1.54 bits per heavy atom. The Hall–Kier alpha value is -9.28. The number of fused-ring (bicyclic) bond motifs is 20. The van der Waals surface area contributed by atoms with Crippen LogP contribution in [0.15, 0.2) is 261 Å². The maximum absolute atomic E-state index is 7.36. The molecule has 4 aliphatic rings. The van der Waals surface area contributed by atoms with Crippen molar-refractivity contribution in [3.8, 4) is 44.9 Å². The van der Waals surface area contributed by atoms with Crippen molar-refractivity contribution >= 4 is 59.3 Å². The van der Waals surface area contributed by atoms with Crippen molar-refractivity contribution in [2.45, 2.75) is 30.1 Å². The number of thiophene rings is 1. The van der Waals surface area contributed by atoms with Crippen LogP contribution in [0.25, 0.3) is 64.3 Å². The average molecular weight is 1010 g/mol. The molecule has 0 amide bonds. The third-order valence-electron chi connectivity index (χ3n) is 18.2. The van der Waals surface area contributed by atoms with E-state index in [-0.39, 0.29) is 5.41 Å². The molecule has 3 aliphatic carbocycles. The Morgan fingerprint density at radius 1 is 0.333 bits per heavy atom. The molecule has 0 saturated carbocycles. The fourth-order valence-electron chi connectivity index (χ4n) is 15.1. The van der Waals surface area contributed by atoms with E-state index in [1.54, 1.807) is 0 Å². The third kappa shape index (κ3) is 5.56. The standard InChI is InChI=1S/C75H49NOS/c1-73(2)59-31-13-8-29-55(59)58-43-48(74(47-22-4-3-5-23-47)60-32-14-9-25-51(60)52-26-10-15-33-61(52)74)44-67(70(58)73)76(66-37-20-30-56-57-41-39-46-21-6-7-24-50(46)71(57)78-72(56)66)49-40-42-65-69(45-49)77-68-38-19-18-36-64(68)75(65)62-34-16-11-27-53(62)54-28-12-17-35-63(54)75/h3-45H,1-2H3. The second kappa shape index (κ2) is 15.9. The number of nitrogens with zero attached hydrogens (tertiary/aromatic N) is 1. The van der Waals surface area contributed by atoms with Gasteiger partial charge < -0.3 is 9.64 Å². The van der Waals surface area contributed by atoms with Crippen molar-refractivity contribution in [3.63, 3.8) is 0 Å². The third-order valence-corrected chi connectivity index (χ3v) is 19.4. The smallest absolute Gasteiger partial charge is 0.134 e. The van der Waals surface area contributed by atoms with Gasteiger partial charge in [-0.1, -0.05) is 238 Å². The summed E-state index contributed by atoms with van der Waals surface area (Å²) < 4.78 is 9.90. The molecule has 12 aromatic carbocycles. The van der Waals surface area contributed by atoms with Crippen LogP contribution in [0.5, 0.6) is 11.5 Å². The number of anilines is 3. The van der Waals surface area contributed by atoms with Crippen molar-refractivity contribution < 1.29 is 4.74 Å². The summed E-state index contributed by atoms with van der Waals surface area (Å²) in [4.78, 5) is 2.62. The molecule has 3 heteroatoms. The second-order valence-corrected chi connectivity index (χ2v) is 23.2. The summed E-state index contributed by atoms with van der Waals surface area (Å²) in [5.41, 5.74) is 21.9. The van der Waals surface area contributed by atoms with Gasteiger partial charge in [0.1, 0.15) is 11.5 Å². The van der Waals surface area contributed by atoms with Gasteiger partial charge in [0.05, 0.1) is 26.9 Å². The molecule has 1 spiro atoms. The number of hydrogen-bond acceptors (Lipinski definition) is 3. The van der Waals surface area contributed by atoms with Gasteiger partial charge in [0.2, 0.25) is 0 Å². The van der Waals surface area contributed by atoms with E-state index in [9.17, 15) is 0 Å². The molecule has 366 valence electrons. The van der Waals surface area contributed by atoms with Crippen LogP contribution >= 0.6 is 11.3 Å². The predicted octanol–water partition coefficient (Wildman–Crippen LogP) is 19.8. The molecule has 1 aliphatic heterocycles. The lowest BCUT2D eigenvalue weighted by Crippen LogP contribution is -2.32. The Morgan fingerprint density at radius 2 is 0.859 bits per heavy atom. The molecular formula is C75H49NOS. The van der Waals surface area contributed by atoms with Crippen LogP contribution in [-0.2, 0) is 16.2 Å². The van der Waals surface area contributed by atoms with E-state index in [1.807, 2.05) is 11.3 Å². The van der Waals surface area contributed by atoms with Crippen LogP contribution in [-0.4, -0.2) is 0 Å². The van der Waals surface area contributed by atoms with E-state index in [4.69, 9.17) is 4.74 Å². The number of hydrogen-bond donors (Lipinski definition) is 0. The van der Waals surface area contributed by atoms with Gasteiger partial charge in [0.15, 0.2) is 0 Å². The quantitative estimate of drug-likeness (QED) is 0.170. The van der Waals surface area contributed by atoms with Crippen LogP contribution in [0.1, 0.15) is 69.5 Å². The predicted molar refractivity (Wildman–Crippen MR) is 324 cm³/mol. The van der Waals surface area contributed by atoms with Crippen LogP contribution in [0.2, 0.25) is 0 Å². The van der Waals surface area contributed by atoms with E-state index in [0.29, 0.717) is 0 Å². The summed E-state index contributed by atoms with van der Waals surface area (Å²) in [5, 5.41) is 5.05. The maximum Gasteiger partial charge on any atom is 0.134 e. The Bertz CT molecular complexity index is 4620. The fraction of sp³-hybridized carbons (Fsp3) is 0.0667. The van der Waals surface area contributed by atoms with Crippen LogP contribution in [0.4, 0.5) is 17.1 Å². The van der Waals surface area contributed by atoms with E-state index >= 15 is 0 Å². The zero-order chi connectivity index (χ0) is 51.5. The molecule has 78 heavy (non-hydrogen) atoms. The summed E-state index contributed by atoms with van der Waals surface area (Å²) in [6, 6.07) is 98.1. The van der Waals surface area contributed by atoms with E-state index in [1.165, 1.54) is 109 Å². The normalized spacial score (nSPS) is 14.9. The first kappa shape index (κ1) is 43.9. The van der Waals surface area contributed by atoms with Crippen LogP contribution in [0.3, 0.4) is 0 Å². The summed E-state index contributed by atoms with van der Waals surface area (Å²) >= 11 is 1.91. The van der Waals surface area contributed by atoms with Crippen molar-refractivity contribution in [2.75, 3.05) is 4.90 Å². The lowest BCUT2D eigenvalue weighted by atomic mass is 9.66. The van der Waals surface area contributed by atoms with Gasteiger partial charge in [-0.3, -0.25) is 0 Å². The number of ether oxygens (including phenoxy) is 1. The number of rotatable bonds is 5. The minimum Gasteiger partial charge on any atom is -0.457 e. The molecule has 0 radical (unpaired) electrons. The summed E-state index contributed by atoms with van der Waals surface area (Å²) in [6.45, 7) is 4.87. The first-order chi connectivity index (χ1) is 38.5. The largest absolute Gasteiger partial charge is 0.457 e. The topological polar surface area (TPSA) is 12.5 Å². The van der Waals surface area contributed by atoms with Gasteiger partial charge >= 0.3 is 0 Å². The molecule has 2 nitrogen and oxygen atoms in total. The first-order valence-electron chi connectivity index (χ1n) is 27.2. The molecular weight excluding hydrogens is 963 g/mol. The summed E-state index contributed by atoms with van der Waals surface area (Å²) in [7, 11) is 0. The summed E-state index contributed by atoms with van der Waals surface area (Å²) in [6.07, 6.45) is 0. The molecule has 0 unspecified atom stereocenters. The van der Waals surface area contributed by atoms with Crippen molar-refractivity contribution in [3.05, 3.63) is 316 Å². The highest BCUT2D eigenvalue weighted by atomic mass is 32.1. The van der Waals surface area contributed by atoms with Gasteiger partial charge in [0, 0.05) is 43.8 Å². The average Bonchev–Trinajstić information content (AvgIpc) is 4.16. The highest BCUT2D eigenvalue weighted by molar-refractivity contribution is 7.27. The Labute approximate surface area is 457 Å². The number of benzene rings is 12. The molecule has 0 saturated heterocycles. The minimum absolute atomic E-state index is 0.376. The fourth-order valence-corrected chi connectivity index (χ4v) is 16.4. The van der Waals surface area contributed by atoms with E-state index in [0.717, 1.165) is 39.7 Å². The zero-order valence-corrected chi connectivity index (χ0v) is 43.9. The van der Waals surface area contributed by atoms with Crippen molar-refractivity contribution in [2.24, 2.45) is 0 Å². The van der Waals surface area contributed by atoms with Crippen LogP contribution < -0.4 is 9.64 Å². The van der Waals surface area contributed by atoms with Gasteiger partial charge in [-0.2, -0.15) is 0 Å². The summed E-state index contributed by atoms with van der Waals surface area (Å²) in [5.74, 6) is 1.73.